The molecular formula is C14H14BrN3O2S. The molecule has 0 aliphatic carbocycles. The molecule has 7 heteroatoms. The van der Waals surface area contributed by atoms with Crippen LogP contribution in [0.1, 0.15) is 6.42 Å². The Morgan fingerprint density at radius 2 is 2.14 bits per heavy atom. The van der Waals surface area contributed by atoms with Gasteiger partial charge < -0.3 is 10.2 Å². The van der Waals surface area contributed by atoms with E-state index in [1.807, 2.05) is 24.3 Å². The van der Waals surface area contributed by atoms with E-state index in [0.29, 0.717) is 11.7 Å². The Bertz CT molecular complexity index is 603. The van der Waals surface area contributed by atoms with Crippen molar-refractivity contribution >= 4 is 50.4 Å². The summed E-state index contributed by atoms with van der Waals surface area (Å²) >= 11 is 4.91. The highest BCUT2D eigenvalue weighted by molar-refractivity contribution is 9.10. The molecule has 1 aromatic rings. The Morgan fingerprint density at radius 3 is 2.81 bits per heavy atom. The van der Waals surface area contributed by atoms with E-state index < -0.39 is 0 Å². The molecule has 5 nitrogen and oxygen atoms in total. The SMILES string of the molecule is O=C(NC1=NCCS1)[C@H]1CC(=O)N(c2ccc(Br)cc2)C1. The van der Waals surface area contributed by atoms with Gasteiger partial charge in [0.25, 0.3) is 0 Å². The van der Waals surface area contributed by atoms with Crippen LogP contribution < -0.4 is 10.2 Å². The van der Waals surface area contributed by atoms with Gasteiger partial charge in [-0.25, -0.2) is 0 Å². The summed E-state index contributed by atoms with van der Waals surface area (Å²) in [6.45, 7) is 1.17. The van der Waals surface area contributed by atoms with Crippen LogP contribution in [0.15, 0.2) is 33.7 Å². The number of rotatable bonds is 2. The van der Waals surface area contributed by atoms with Gasteiger partial charge in [0, 0.05) is 28.9 Å². The number of halogens is 1. The van der Waals surface area contributed by atoms with Gasteiger partial charge in [-0.2, -0.15) is 0 Å². The summed E-state index contributed by atoms with van der Waals surface area (Å²) in [6, 6.07) is 7.53. The summed E-state index contributed by atoms with van der Waals surface area (Å²) in [6.07, 6.45) is 0.250. The minimum Gasteiger partial charge on any atom is -0.312 e. The maximum absolute atomic E-state index is 12.2. The van der Waals surface area contributed by atoms with Crippen LogP contribution in [0, 0.1) is 5.92 Å². The topological polar surface area (TPSA) is 61.8 Å². The number of benzene rings is 1. The van der Waals surface area contributed by atoms with E-state index in [9.17, 15) is 9.59 Å². The lowest BCUT2D eigenvalue weighted by molar-refractivity contribution is -0.125. The van der Waals surface area contributed by atoms with Crippen LogP contribution in [0.5, 0.6) is 0 Å². The predicted octanol–water partition coefficient (Wildman–Crippen LogP) is 2.02. The standard InChI is InChI=1S/C14H14BrN3O2S/c15-10-1-3-11(4-2-10)18-8-9(7-12(18)19)13(20)17-14-16-5-6-21-14/h1-4,9H,5-8H2,(H,16,17,20)/t9-/m0/s1. The van der Waals surface area contributed by atoms with Gasteiger partial charge >= 0.3 is 0 Å². The number of aliphatic imine (C=N–C) groups is 1. The van der Waals surface area contributed by atoms with E-state index in [0.717, 1.165) is 22.5 Å². The van der Waals surface area contributed by atoms with Crippen molar-refractivity contribution in [2.75, 3.05) is 23.7 Å². The van der Waals surface area contributed by atoms with Crippen molar-refractivity contribution in [1.82, 2.24) is 5.32 Å². The van der Waals surface area contributed by atoms with Crippen molar-refractivity contribution in [1.29, 1.82) is 0 Å². The summed E-state index contributed by atoms with van der Waals surface area (Å²) in [4.78, 5) is 30.2. The molecule has 110 valence electrons. The van der Waals surface area contributed by atoms with Crippen molar-refractivity contribution in [2.24, 2.45) is 10.9 Å². The van der Waals surface area contributed by atoms with Gasteiger partial charge in [0.2, 0.25) is 11.8 Å². The molecule has 0 radical (unpaired) electrons. The van der Waals surface area contributed by atoms with Crippen molar-refractivity contribution < 1.29 is 9.59 Å². The highest BCUT2D eigenvalue weighted by Gasteiger charge is 2.35. The zero-order chi connectivity index (χ0) is 14.8. The van der Waals surface area contributed by atoms with Crippen molar-refractivity contribution in [3.63, 3.8) is 0 Å². The summed E-state index contributed by atoms with van der Waals surface area (Å²) in [5.41, 5.74) is 0.825. The van der Waals surface area contributed by atoms with E-state index in [1.165, 1.54) is 0 Å². The molecule has 0 bridgehead atoms. The van der Waals surface area contributed by atoms with Gasteiger partial charge in [0.15, 0.2) is 5.17 Å². The van der Waals surface area contributed by atoms with Crippen LogP contribution in [0.4, 0.5) is 5.69 Å². The lowest BCUT2D eigenvalue weighted by Gasteiger charge is -2.16. The van der Waals surface area contributed by atoms with Crippen molar-refractivity contribution in [3.8, 4) is 0 Å². The van der Waals surface area contributed by atoms with Gasteiger partial charge in [-0.05, 0) is 24.3 Å². The van der Waals surface area contributed by atoms with E-state index in [-0.39, 0.29) is 24.2 Å². The highest BCUT2D eigenvalue weighted by atomic mass is 79.9. The lowest BCUT2D eigenvalue weighted by Crippen LogP contribution is -2.35. The van der Waals surface area contributed by atoms with Gasteiger partial charge in [-0.15, -0.1) is 0 Å². The van der Waals surface area contributed by atoms with E-state index >= 15 is 0 Å². The Morgan fingerprint density at radius 1 is 1.38 bits per heavy atom. The largest absolute Gasteiger partial charge is 0.312 e. The van der Waals surface area contributed by atoms with Crippen LogP contribution in [0.2, 0.25) is 0 Å². The third kappa shape index (κ3) is 3.29. The number of hydrogen-bond donors (Lipinski definition) is 1. The maximum Gasteiger partial charge on any atom is 0.231 e. The first-order valence-electron chi connectivity index (χ1n) is 6.67. The van der Waals surface area contributed by atoms with E-state index in [2.05, 4.69) is 26.2 Å². The number of hydrogen-bond acceptors (Lipinski definition) is 4. The molecule has 3 rings (SSSR count). The molecule has 1 aromatic carbocycles. The van der Waals surface area contributed by atoms with E-state index in [4.69, 9.17) is 0 Å². The summed E-state index contributed by atoms with van der Waals surface area (Å²) in [5, 5.41) is 3.49. The first-order chi connectivity index (χ1) is 10.1. The monoisotopic (exact) mass is 367 g/mol. The zero-order valence-electron chi connectivity index (χ0n) is 11.2. The Kier molecular flexibility index (Phi) is 4.30. The Labute approximate surface area is 135 Å². The van der Waals surface area contributed by atoms with Gasteiger partial charge in [0.1, 0.15) is 0 Å². The maximum atomic E-state index is 12.2. The van der Waals surface area contributed by atoms with Gasteiger partial charge in [0.05, 0.1) is 12.5 Å². The van der Waals surface area contributed by atoms with Crippen LogP contribution in [0.3, 0.4) is 0 Å². The molecule has 2 heterocycles. The molecule has 0 aromatic heterocycles. The average molecular weight is 368 g/mol. The smallest absolute Gasteiger partial charge is 0.231 e. The summed E-state index contributed by atoms with van der Waals surface area (Å²) in [5.74, 6) is 0.462. The van der Waals surface area contributed by atoms with Gasteiger partial charge in [-0.3, -0.25) is 14.6 Å². The molecule has 0 saturated carbocycles. The molecular weight excluding hydrogens is 354 g/mol. The molecule has 0 spiro atoms. The van der Waals surface area contributed by atoms with E-state index in [1.54, 1.807) is 16.7 Å². The van der Waals surface area contributed by atoms with Crippen molar-refractivity contribution in [2.45, 2.75) is 6.42 Å². The number of carbonyl (C=O) groups is 2. The minimum absolute atomic E-state index is 0.0153. The number of carbonyl (C=O) groups excluding carboxylic acids is 2. The number of nitrogens with zero attached hydrogens (tertiary/aromatic N) is 2. The second-order valence-corrected chi connectivity index (χ2v) is 6.91. The predicted molar refractivity (Wildman–Crippen MR) is 87.5 cm³/mol. The fourth-order valence-corrected chi connectivity index (χ4v) is 3.37. The molecule has 1 N–H and O–H groups in total. The Hall–Kier alpha value is -1.34. The number of anilines is 1. The zero-order valence-corrected chi connectivity index (χ0v) is 13.6. The van der Waals surface area contributed by atoms with Crippen LogP contribution in [-0.2, 0) is 9.59 Å². The molecule has 0 unspecified atom stereocenters. The fourth-order valence-electron chi connectivity index (χ4n) is 2.37. The average Bonchev–Trinajstić information content (AvgIpc) is 3.09. The molecule has 1 atom stereocenters. The normalized spacial score (nSPS) is 21.6. The molecule has 21 heavy (non-hydrogen) atoms. The van der Waals surface area contributed by atoms with Crippen LogP contribution >= 0.6 is 27.7 Å². The first kappa shape index (κ1) is 14.6. The molecule has 2 aliphatic rings. The Balaban J connectivity index is 1.66. The van der Waals surface area contributed by atoms with Crippen LogP contribution in [-0.4, -0.2) is 35.8 Å². The second kappa shape index (κ2) is 6.19. The summed E-state index contributed by atoms with van der Waals surface area (Å²) < 4.78 is 0.962. The molecule has 2 aliphatic heterocycles. The lowest BCUT2D eigenvalue weighted by atomic mass is 10.1. The molecule has 2 amide bonds. The third-order valence-electron chi connectivity index (χ3n) is 3.45. The van der Waals surface area contributed by atoms with Gasteiger partial charge in [-0.1, -0.05) is 27.7 Å². The number of nitrogens with one attached hydrogen (secondary N) is 1. The minimum atomic E-state index is -0.315. The second-order valence-electron chi connectivity index (χ2n) is 4.91. The highest BCUT2D eigenvalue weighted by Crippen LogP contribution is 2.26. The molecule has 1 fully saturated rings. The first-order valence-corrected chi connectivity index (χ1v) is 8.45. The number of amidine groups is 1. The number of thioether (sulfide) groups is 1. The fraction of sp³-hybridized carbons (Fsp3) is 0.357. The summed E-state index contributed by atoms with van der Waals surface area (Å²) in [7, 11) is 0. The van der Waals surface area contributed by atoms with Crippen LogP contribution in [0.25, 0.3) is 0 Å². The quantitative estimate of drug-likeness (QED) is 0.869. The third-order valence-corrected chi connectivity index (χ3v) is 4.87. The molecule has 1 saturated heterocycles. The van der Waals surface area contributed by atoms with Crippen molar-refractivity contribution in [3.05, 3.63) is 28.7 Å². The number of amides is 2.